The fraction of sp³-hybridized carbons (Fsp3) is 0.357. The standard InChI is InChI=1S/C14H17ClN2O/c1-12(15)11-16-7-9-17(10-8-16)14(18)13-5-3-2-4-6-13/h2-6H,1,7-11H2. The first-order valence-corrected chi connectivity index (χ1v) is 6.44. The molecule has 1 heterocycles. The number of nitrogens with zero attached hydrogens (tertiary/aromatic N) is 2. The molecule has 0 bridgehead atoms. The van der Waals surface area contributed by atoms with Gasteiger partial charge in [0.1, 0.15) is 0 Å². The Morgan fingerprint density at radius 2 is 1.78 bits per heavy atom. The number of benzene rings is 1. The minimum atomic E-state index is 0.111. The largest absolute Gasteiger partial charge is 0.336 e. The summed E-state index contributed by atoms with van der Waals surface area (Å²) in [4.78, 5) is 16.3. The fourth-order valence-electron chi connectivity index (χ4n) is 2.12. The van der Waals surface area contributed by atoms with E-state index in [1.54, 1.807) is 0 Å². The van der Waals surface area contributed by atoms with Crippen molar-refractivity contribution in [2.45, 2.75) is 0 Å². The molecule has 1 amide bonds. The highest BCUT2D eigenvalue weighted by Crippen LogP contribution is 2.10. The molecule has 1 aromatic carbocycles. The molecule has 0 saturated carbocycles. The number of hydrogen-bond donors (Lipinski definition) is 0. The average molecular weight is 265 g/mol. The van der Waals surface area contributed by atoms with Gasteiger partial charge in [0.2, 0.25) is 0 Å². The summed E-state index contributed by atoms with van der Waals surface area (Å²) < 4.78 is 0. The third-order valence-electron chi connectivity index (χ3n) is 3.08. The maximum Gasteiger partial charge on any atom is 0.253 e. The number of hydrogen-bond acceptors (Lipinski definition) is 2. The van der Waals surface area contributed by atoms with E-state index in [1.165, 1.54) is 0 Å². The highest BCUT2D eigenvalue weighted by molar-refractivity contribution is 6.29. The predicted molar refractivity (Wildman–Crippen MR) is 73.8 cm³/mol. The van der Waals surface area contributed by atoms with Crippen LogP contribution in [0, 0.1) is 0 Å². The molecule has 0 atom stereocenters. The maximum atomic E-state index is 12.2. The van der Waals surface area contributed by atoms with Crippen molar-refractivity contribution in [2.75, 3.05) is 32.7 Å². The minimum Gasteiger partial charge on any atom is -0.336 e. The Balaban J connectivity index is 1.90. The van der Waals surface area contributed by atoms with Gasteiger partial charge in [-0.25, -0.2) is 0 Å². The van der Waals surface area contributed by atoms with Crippen molar-refractivity contribution in [1.29, 1.82) is 0 Å². The van der Waals surface area contributed by atoms with Crippen LogP contribution in [-0.2, 0) is 0 Å². The van der Waals surface area contributed by atoms with Crippen LogP contribution in [0.5, 0.6) is 0 Å². The highest BCUT2D eigenvalue weighted by Gasteiger charge is 2.21. The lowest BCUT2D eigenvalue weighted by atomic mass is 10.2. The monoisotopic (exact) mass is 264 g/mol. The zero-order valence-corrected chi connectivity index (χ0v) is 11.1. The number of carbonyl (C=O) groups excluding carboxylic acids is 1. The Morgan fingerprint density at radius 1 is 1.17 bits per heavy atom. The Hall–Kier alpha value is -1.32. The Labute approximate surface area is 113 Å². The molecule has 0 radical (unpaired) electrons. The smallest absolute Gasteiger partial charge is 0.253 e. The van der Waals surface area contributed by atoms with Crippen molar-refractivity contribution < 1.29 is 4.79 Å². The van der Waals surface area contributed by atoms with Crippen LogP contribution in [0.4, 0.5) is 0 Å². The SMILES string of the molecule is C=C(Cl)CN1CCN(C(=O)c2ccccc2)CC1. The Kier molecular flexibility index (Phi) is 4.39. The summed E-state index contributed by atoms with van der Waals surface area (Å²) in [6.07, 6.45) is 0. The molecule has 1 aromatic rings. The van der Waals surface area contributed by atoms with Gasteiger partial charge in [0.05, 0.1) is 0 Å². The van der Waals surface area contributed by atoms with Gasteiger partial charge in [-0.1, -0.05) is 36.4 Å². The van der Waals surface area contributed by atoms with E-state index in [0.717, 1.165) is 31.7 Å². The van der Waals surface area contributed by atoms with Gasteiger partial charge in [0.25, 0.3) is 5.91 Å². The molecule has 0 aliphatic carbocycles. The summed E-state index contributed by atoms with van der Waals surface area (Å²) >= 11 is 5.79. The zero-order valence-electron chi connectivity index (χ0n) is 10.3. The second-order valence-corrected chi connectivity index (χ2v) is 4.99. The van der Waals surface area contributed by atoms with E-state index >= 15 is 0 Å². The van der Waals surface area contributed by atoms with Crippen LogP contribution in [0.2, 0.25) is 0 Å². The van der Waals surface area contributed by atoms with E-state index in [0.29, 0.717) is 11.6 Å². The summed E-state index contributed by atoms with van der Waals surface area (Å²) in [6, 6.07) is 9.41. The molecule has 0 spiro atoms. The molecule has 96 valence electrons. The highest BCUT2D eigenvalue weighted by atomic mass is 35.5. The molecule has 18 heavy (non-hydrogen) atoms. The fourth-order valence-corrected chi connectivity index (χ4v) is 2.28. The van der Waals surface area contributed by atoms with Gasteiger partial charge in [0.15, 0.2) is 0 Å². The van der Waals surface area contributed by atoms with E-state index < -0.39 is 0 Å². The van der Waals surface area contributed by atoms with Crippen LogP contribution < -0.4 is 0 Å². The van der Waals surface area contributed by atoms with E-state index in [2.05, 4.69) is 11.5 Å². The molecule has 3 nitrogen and oxygen atoms in total. The predicted octanol–water partition coefficient (Wildman–Crippen LogP) is 2.20. The van der Waals surface area contributed by atoms with Crippen molar-refractivity contribution >= 4 is 17.5 Å². The zero-order chi connectivity index (χ0) is 13.0. The molecule has 0 N–H and O–H groups in total. The van der Waals surface area contributed by atoms with Crippen molar-refractivity contribution in [3.63, 3.8) is 0 Å². The van der Waals surface area contributed by atoms with Gasteiger partial charge in [-0.05, 0) is 12.1 Å². The van der Waals surface area contributed by atoms with Crippen LogP contribution in [0.1, 0.15) is 10.4 Å². The molecule has 0 aromatic heterocycles. The first-order valence-electron chi connectivity index (χ1n) is 6.07. The number of rotatable bonds is 3. The first kappa shape index (κ1) is 13.1. The van der Waals surface area contributed by atoms with Gasteiger partial charge in [-0.3, -0.25) is 9.69 Å². The molecular formula is C14H17ClN2O. The summed E-state index contributed by atoms with van der Waals surface area (Å²) in [6.45, 7) is 7.60. The van der Waals surface area contributed by atoms with Gasteiger partial charge in [-0.2, -0.15) is 0 Å². The van der Waals surface area contributed by atoms with Crippen molar-refractivity contribution in [2.24, 2.45) is 0 Å². The summed E-state index contributed by atoms with van der Waals surface area (Å²) in [7, 11) is 0. The molecule has 2 rings (SSSR count). The second kappa shape index (κ2) is 6.03. The van der Waals surface area contributed by atoms with E-state index in [1.807, 2.05) is 35.2 Å². The molecule has 4 heteroatoms. The Morgan fingerprint density at radius 3 is 2.33 bits per heavy atom. The molecule has 0 unspecified atom stereocenters. The molecule has 1 fully saturated rings. The number of amides is 1. The van der Waals surface area contributed by atoms with Crippen LogP contribution in [0.3, 0.4) is 0 Å². The quantitative estimate of drug-likeness (QED) is 0.836. The van der Waals surface area contributed by atoms with Gasteiger partial charge < -0.3 is 4.90 Å². The average Bonchev–Trinajstić information content (AvgIpc) is 2.39. The van der Waals surface area contributed by atoms with E-state index in [-0.39, 0.29) is 5.91 Å². The molecule has 1 aliphatic rings. The lowest BCUT2D eigenvalue weighted by Crippen LogP contribution is -2.48. The van der Waals surface area contributed by atoms with Crippen molar-refractivity contribution in [3.05, 3.63) is 47.5 Å². The van der Waals surface area contributed by atoms with Gasteiger partial charge >= 0.3 is 0 Å². The van der Waals surface area contributed by atoms with Crippen LogP contribution in [-0.4, -0.2) is 48.4 Å². The molecular weight excluding hydrogens is 248 g/mol. The lowest BCUT2D eigenvalue weighted by molar-refractivity contribution is 0.0649. The summed E-state index contributed by atoms with van der Waals surface area (Å²) in [5.74, 6) is 0.111. The van der Waals surface area contributed by atoms with Gasteiger partial charge in [0, 0.05) is 43.3 Å². The van der Waals surface area contributed by atoms with Crippen LogP contribution in [0.15, 0.2) is 41.9 Å². The number of halogens is 1. The minimum absolute atomic E-state index is 0.111. The lowest BCUT2D eigenvalue weighted by Gasteiger charge is -2.34. The van der Waals surface area contributed by atoms with E-state index in [9.17, 15) is 4.79 Å². The first-order chi connectivity index (χ1) is 8.66. The Bertz CT molecular complexity index is 425. The third kappa shape index (κ3) is 3.34. The number of carbonyl (C=O) groups is 1. The van der Waals surface area contributed by atoms with Crippen molar-refractivity contribution in [1.82, 2.24) is 9.80 Å². The van der Waals surface area contributed by atoms with Crippen LogP contribution >= 0.6 is 11.6 Å². The number of piperazine rings is 1. The maximum absolute atomic E-state index is 12.2. The molecule has 1 aliphatic heterocycles. The second-order valence-electron chi connectivity index (χ2n) is 4.45. The summed E-state index contributed by atoms with van der Waals surface area (Å²) in [5.41, 5.74) is 0.757. The third-order valence-corrected chi connectivity index (χ3v) is 3.19. The van der Waals surface area contributed by atoms with E-state index in [4.69, 9.17) is 11.6 Å². The van der Waals surface area contributed by atoms with Crippen LogP contribution in [0.25, 0.3) is 0 Å². The summed E-state index contributed by atoms with van der Waals surface area (Å²) in [5, 5.41) is 0.651. The molecule has 1 saturated heterocycles. The van der Waals surface area contributed by atoms with Crippen molar-refractivity contribution in [3.8, 4) is 0 Å². The normalized spacial score (nSPS) is 16.6. The van der Waals surface area contributed by atoms with Gasteiger partial charge in [-0.15, -0.1) is 0 Å². The topological polar surface area (TPSA) is 23.6 Å².